The van der Waals surface area contributed by atoms with Crippen molar-refractivity contribution in [1.29, 1.82) is 0 Å². The second-order valence-electron chi connectivity index (χ2n) is 7.18. The van der Waals surface area contributed by atoms with Gasteiger partial charge in [-0.2, -0.15) is 0 Å². The normalized spacial score (nSPS) is 15.8. The zero-order chi connectivity index (χ0) is 18.3. The quantitative estimate of drug-likeness (QED) is 0.518. The van der Waals surface area contributed by atoms with Crippen LogP contribution in [0.2, 0.25) is 0 Å². The molecule has 4 rings (SSSR count). The molecule has 0 aromatic heterocycles. The van der Waals surface area contributed by atoms with Crippen molar-refractivity contribution >= 4 is 22.3 Å². The van der Waals surface area contributed by atoms with Crippen LogP contribution in [0.5, 0.6) is 0 Å². The monoisotopic (exact) mass is 359 g/mol. The molecular weight excluding hydrogens is 338 g/mol. The molecule has 130 valence electrons. The lowest BCUT2D eigenvalue weighted by Gasteiger charge is -2.26. The van der Waals surface area contributed by atoms with Gasteiger partial charge in [0.15, 0.2) is 0 Å². The van der Waals surface area contributed by atoms with Crippen molar-refractivity contribution in [2.75, 3.05) is 5.32 Å². The number of halogens is 1. The predicted octanol–water partition coefficient (Wildman–Crippen LogP) is 7.03. The van der Waals surface area contributed by atoms with Crippen molar-refractivity contribution in [3.05, 3.63) is 94.6 Å². The maximum Gasteiger partial charge on any atom is 0.0715 e. The molecule has 1 aliphatic heterocycles. The third kappa shape index (κ3) is 3.27. The van der Waals surface area contributed by atoms with Gasteiger partial charge in [-0.25, -0.2) is 0 Å². The van der Waals surface area contributed by atoms with E-state index in [1.807, 2.05) is 0 Å². The minimum absolute atomic E-state index is 0.0961. The molecule has 0 amide bonds. The van der Waals surface area contributed by atoms with Crippen molar-refractivity contribution < 1.29 is 0 Å². The highest BCUT2D eigenvalue weighted by Gasteiger charge is 2.20. The Labute approximate surface area is 160 Å². The van der Waals surface area contributed by atoms with E-state index in [1.54, 1.807) is 0 Å². The van der Waals surface area contributed by atoms with Gasteiger partial charge in [-0.05, 0) is 55.7 Å². The van der Waals surface area contributed by atoms with Crippen LogP contribution in [0.15, 0.2) is 66.7 Å². The maximum absolute atomic E-state index is 6.68. The van der Waals surface area contributed by atoms with E-state index in [4.69, 9.17) is 11.6 Å². The molecule has 0 saturated heterocycles. The molecule has 3 aromatic rings. The Morgan fingerprint density at radius 2 is 1.38 bits per heavy atom. The molecule has 1 heterocycles. The third-order valence-electron chi connectivity index (χ3n) is 4.89. The number of hydrogen-bond acceptors (Lipinski definition) is 1. The van der Waals surface area contributed by atoms with Crippen LogP contribution in [0.4, 0.5) is 5.69 Å². The predicted molar refractivity (Wildman–Crippen MR) is 113 cm³/mol. The summed E-state index contributed by atoms with van der Waals surface area (Å²) < 4.78 is 0. The van der Waals surface area contributed by atoms with Gasteiger partial charge in [0.05, 0.1) is 6.04 Å². The number of nitrogens with one attached hydrogen (secondary N) is 1. The minimum atomic E-state index is 0.0961. The van der Waals surface area contributed by atoms with Crippen molar-refractivity contribution in [2.24, 2.45) is 0 Å². The molecule has 1 unspecified atom stereocenters. The zero-order valence-corrected chi connectivity index (χ0v) is 16.1. The fourth-order valence-corrected chi connectivity index (χ4v) is 3.89. The van der Waals surface area contributed by atoms with Gasteiger partial charge in [-0.15, -0.1) is 0 Å². The van der Waals surface area contributed by atoms with Crippen LogP contribution in [0.1, 0.15) is 33.9 Å². The van der Waals surface area contributed by atoms with Gasteiger partial charge in [-0.1, -0.05) is 76.8 Å². The Bertz CT molecular complexity index is 979. The first-order valence-electron chi connectivity index (χ1n) is 8.93. The Balaban J connectivity index is 1.70. The summed E-state index contributed by atoms with van der Waals surface area (Å²) in [5.74, 6) is 0. The van der Waals surface area contributed by atoms with Gasteiger partial charge in [-0.3, -0.25) is 0 Å². The Hall–Kier alpha value is -2.51. The summed E-state index contributed by atoms with van der Waals surface area (Å²) in [7, 11) is 0. The lowest BCUT2D eigenvalue weighted by Crippen LogP contribution is -2.14. The lowest BCUT2D eigenvalue weighted by atomic mass is 9.94. The van der Waals surface area contributed by atoms with Gasteiger partial charge in [0.1, 0.15) is 0 Å². The molecule has 1 N–H and O–H groups in total. The van der Waals surface area contributed by atoms with Crippen molar-refractivity contribution in [1.82, 2.24) is 0 Å². The standard InChI is InChI=1S/C24H22ClN/c1-15-4-6-18(7-5-15)19-8-9-23-21(13-19)22(25)14-24(26-23)20-11-16(2)10-17(3)12-20/h4-14,24,26H,1-3H3. The third-order valence-corrected chi connectivity index (χ3v) is 5.22. The van der Waals surface area contributed by atoms with Crippen LogP contribution < -0.4 is 5.32 Å². The zero-order valence-electron chi connectivity index (χ0n) is 15.3. The molecule has 1 aliphatic rings. The highest BCUT2D eigenvalue weighted by Crippen LogP contribution is 2.39. The summed E-state index contributed by atoms with van der Waals surface area (Å²) in [6.45, 7) is 6.37. The van der Waals surface area contributed by atoms with Crippen molar-refractivity contribution in [2.45, 2.75) is 26.8 Å². The Kier molecular flexibility index (Phi) is 4.34. The molecule has 1 nitrogen and oxygen atoms in total. The molecule has 0 spiro atoms. The molecule has 2 heteroatoms. The van der Waals surface area contributed by atoms with E-state index in [1.165, 1.54) is 33.4 Å². The molecule has 26 heavy (non-hydrogen) atoms. The van der Waals surface area contributed by atoms with E-state index < -0.39 is 0 Å². The van der Waals surface area contributed by atoms with Gasteiger partial charge in [0.2, 0.25) is 0 Å². The largest absolute Gasteiger partial charge is 0.374 e. The number of aryl methyl sites for hydroxylation is 3. The van der Waals surface area contributed by atoms with E-state index in [2.05, 4.69) is 92.8 Å². The van der Waals surface area contributed by atoms with Gasteiger partial charge in [0, 0.05) is 16.3 Å². The van der Waals surface area contributed by atoms with Crippen LogP contribution >= 0.6 is 11.6 Å². The molecule has 1 atom stereocenters. The van der Waals surface area contributed by atoms with E-state index in [0.29, 0.717) is 0 Å². The number of fused-ring (bicyclic) bond motifs is 1. The Morgan fingerprint density at radius 3 is 2.08 bits per heavy atom. The molecule has 0 aliphatic carbocycles. The first kappa shape index (κ1) is 16.9. The molecular formula is C24H22ClN. The summed E-state index contributed by atoms with van der Waals surface area (Å²) in [6, 6.07) is 21.8. The summed E-state index contributed by atoms with van der Waals surface area (Å²) in [4.78, 5) is 0. The second kappa shape index (κ2) is 6.66. The SMILES string of the molecule is Cc1ccc(-c2ccc3c(c2)C(Cl)=CC(c2cc(C)cc(C)c2)N3)cc1. The molecule has 0 radical (unpaired) electrons. The van der Waals surface area contributed by atoms with Crippen LogP contribution in [0.25, 0.3) is 16.2 Å². The van der Waals surface area contributed by atoms with Crippen LogP contribution in [-0.4, -0.2) is 0 Å². The van der Waals surface area contributed by atoms with Gasteiger partial charge < -0.3 is 5.32 Å². The van der Waals surface area contributed by atoms with Crippen LogP contribution in [0.3, 0.4) is 0 Å². The molecule has 3 aromatic carbocycles. The first-order chi connectivity index (χ1) is 12.5. The molecule has 0 bridgehead atoms. The summed E-state index contributed by atoms with van der Waals surface area (Å²) in [5.41, 5.74) is 9.58. The average Bonchev–Trinajstić information content (AvgIpc) is 2.61. The fraction of sp³-hybridized carbons (Fsp3) is 0.167. The number of hydrogen-bond donors (Lipinski definition) is 1. The maximum atomic E-state index is 6.68. The van der Waals surface area contributed by atoms with E-state index in [9.17, 15) is 0 Å². The van der Waals surface area contributed by atoms with Gasteiger partial charge in [0.25, 0.3) is 0 Å². The number of anilines is 1. The highest BCUT2D eigenvalue weighted by molar-refractivity contribution is 6.49. The number of benzene rings is 3. The number of rotatable bonds is 2. The van der Waals surface area contributed by atoms with Gasteiger partial charge >= 0.3 is 0 Å². The van der Waals surface area contributed by atoms with Crippen molar-refractivity contribution in [3.8, 4) is 11.1 Å². The smallest absolute Gasteiger partial charge is 0.0715 e. The van der Waals surface area contributed by atoms with Crippen molar-refractivity contribution in [3.63, 3.8) is 0 Å². The van der Waals surface area contributed by atoms with E-state index >= 15 is 0 Å². The molecule has 0 fully saturated rings. The molecule has 0 saturated carbocycles. The highest BCUT2D eigenvalue weighted by atomic mass is 35.5. The summed E-state index contributed by atoms with van der Waals surface area (Å²) in [5, 5.41) is 4.43. The minimum Gasteiger partial charge on any atom is -0.374 e. The van der Waals surface area contributed by atoms with Crippen LogP contribution in [-0.2, 0) is 0 Å². The first-order valence-corrected chi connectivity index (χ1v) is 9.31. The summed E-state index contributed by atoms with van der Waals surface area (Å²) in [6.07, 6.45) is 2.11. The summed E-state index contributed by atoms with van der Waals surface area (Å²) >= 11 is 6.68. The average molecular weight is 360 g/mol. The lowest BCUT2D eigenvalue weighted by molar-refractivity contribution is 0.970. The van der Waals surface area contributed by atoms with E-state index in [-0.39, 0.29) is 6.04 Å². The Morgan fingerprint density at radius 1 is 0.731 bits per heavy atom. The van der Waals surface area contributed by atoms with E-state index in [0.717, 1.165) is 16.3 Å². The topological polar surface area (TPSA) is 12.0 Å². The fourth-order valence-electron chi connectivity index (χ4n) is 3.61. The second-order valence-corrected chi connectivity index (χ2v) is 7.59. The van der Waals surface area contributed by atoms with Crippen LogP contribution in [0, 0.1) is 20.8 Å².